The predicted octanol–water partition coefficient (Wildman–Crippen LogP) is -1.85. The number of carbonyl (C=O) groups is 1. The van der Waals surface area contributed by atoms with Gasteiger partial charge in [-0.1, -0.05) is 5.01 Å². The third-order valence-electron chi connectivity index (χ3n) is 2.60. The number of nitro groups is 3. The maximum atomic E-state index is 11.0. The fourth-order valence-corrected chi connectivity index (χ4v) is 1.41. The normalized spacial score (nSPS) is 9.73. The zero-order valence-electron chi connectivity index (χ0n) is 13.4. The van der Waals surface area contributed by atoms with Crippen molar-refractivity contribution in [3.8, 4) is 0 Å². The second kappa shape index (κ2) is 10.9. The highest BCUT2D eigenvalue weighted by atomic mass is 16.9. The second-order valence-corrected chi connectivity index (χ2v) is 4.37. The summed E-state index contributed by atoms with van der Waals surface area (Å²) in [5.41, 5.74) is 0. The van der Waals surface area contributed by atoms with Crippen molar-refractivity contribution in [1.82, 2.24) is 15.0 Å². The van der Waals surface area contributed by atoms with Gasteiger partial charge in [0.1, 0.15) is 26.2 Å². The van der Waals surface area contributed by atoms with Gasteiger partial charge < -0.3 is 9.57 Å². The van der Waals surface area contributed by atoms with Crippen LogP contribution in [0.1, 0.15) is 6.92 Å². The van der Waals surface area contributed by atoms with Gasteiger partial charge in [0.25, 0.3) is 5.09 Å². The number of ether oxygens (including phenoxy) is 1. The second-order valence-electron chi connectivity index (χ2n) is 4.37. The summed E-state index contributed by atoms with van der Waals surface area (Å²) in [5.74, 6) is -0.812. The van der Waals surface area contributed by atoms with E-state index in [4.69, 9.17) is 0 Å². The zero-order chi connectivity index (χ0) is 20.3. The Hall–Kier alpha value is -3.73. The van der Waals surface area contributed by atoms with E-state index in [-0.39, 0.29) is 10.0 Å². The number of hydrogen-bond acceptors (Lipinski definition) is 11. The third kappa shape index (κ3) is 9.42. The van der Waals surface area contributed by atoms with E-state index in [0.717, 1.165) is 6.92 Å². The molecule has 0 aliphatic carbocycles. The molecule has 0 spiro atoms. The first-order valence-corrected chi connectivity index (χ1v) is 6.63. The molecule has 148 valence electrons. The van der Waals surface area contributed by atoms with Crippen LogP contribution in [0.4, 0.5) is 0 Å². The van der Waals surface area contributed by atoms with E-state index >= 15 is 0 Å². The number of esters is 1. The number of carbonyl (C=O) groups excluding carboxylic acids is 1. The Morgan fingerprint density at radius 2 is 1.31 bits per heavy atom. The number of hydrazine groups is 3. The third-order valence-corrected chi connectivity index (χ3v) is 2.60. The molecule has 18 nitrogen and oxygen atoms in total. The molecule has 0 saturated heterocycles. The molecule has 0 rings (SSSR count). The lowest BCUT2D eigenvalue weighted by Gasteiger charge is -2.20. The molecule has 0 N–H and O–H groups in total. The molecule has 26 heavy (non-hydrogen) atoms. The van der Waals surface area contributed by atoms with Crippen LogP contribution in [0.5, 0.6) is 0 Å². The van der Waals surface area contributed by atoms with Gasteiger partial charge in [-0.25, -0.2) is 30.3 Å². The molecule has 0 aromatic carbocycles. The van der Waals surface area contributed by atoms with Gasteiger partial charge in [-0.15, -0.1) is 20.1 Å². The summed E-state index contributed by atoms with van der Waals surface area (Å²) < 4.78 is 4.41. The summed E-state index contributed by atoms with van der Waals surface area (Å²) in [6, 6.07) is 0. The van der Waals surface area contributed by atoms with E-state index in [2.05, 4.69) is 9.57 Å². The minimum atomic E-state index is -1.19. The van der Waals surface area contributed by atoms with E-state index in [1.807, 2.05) is 0 Å². The highest BCUT2D eigenvalue weighted by Crippen LogP contribution is 1.99. The summed E-state index contributed by atoms with van der Waals surface area (Å²) in [6.45, 7) is -3.31. The summed E-state index contributed by atoms with van der Waals surface area (Å²) >= 11 is 0. The Morgan fingerprint density at radius 3 is 1.73 bits per heavy atom. The average Bonchev–Trinajstić information content (AvgIpc) is 2.50. The average molecular weight is 385 g/mol. The molecule has 0 aromatic heterocycles. The number of nitrogens with zero attached hydrogens (tertiary/aromatic N) is 7. The molecule has 0 atom stereocenters. The van der Waals surface area contributed by atoms with Gasteiger partial charge in [0.2, 0.25) is 13.4 Å². The van der Waals surface area contributed by atoms with E-state index in [1.54, 1.807) is 0 Å². The van der Waals surface area contributed by atoms with Crippen LogP contribution in [0, 0.1) is 40.5 Å². The van der Waals surface area contributed by atoms with E-state index in [0.29, 0.717) is 5.01 Å². The van der Waals surface area contributed by atoms with Crippen molar-refractivity contribution in [3.63, 3.8) is 0 Å². The minimum Gasteiger partial charge on any atom is -0.439 e. The highest BCUT2D eigenvalue weighted by molar-refractivity contribution is 5.65. The van der Waals surface area contributed by atoms with Gasteiger partial charge in [0.05, 0.1) is 0 Å². The van der Waals surface area contributed by atoms with Crippen molar-refractivity contribution in [2.24, 2.45) is 0 Å². The first-order valence-electron chi connectivity index (χ1n) is 6.63. The Bertz CT molecular complexity index is 543. The molecule has 0 fully saturated rings. The Balaban J connectivity index is 4.79. The summed E-state index contributed by atoms with van der Waals surface area (Å²) in [6.07, 6.45) is 0. The van der Waals surface area contributed by atoms with Gasteiger partial charge in [0, 0.05) is 6.92 Å². The highest BCUT2D eigenvalue weighted by Gasteiger charge is 2.27. The molecule has 0 unspecified atom stereocenters. The lowest BCUT2D eigenvalue weighted by Crippen LogP contribution is -2.48. The maximum absolute atomic E-state index is 11.0. The van der Waals surface area contributed by atoms with Gasteiger partial charge >= 0.3 is 5.97 Å². The van der Waals surface area contributed by atoms with Crippen LogP contribution in [-0.2, 0) is 14.4 Å². The smallest absolute Gasteiger partial charge is 0.304 e. The lowest BCUT2D eigenvalue weighted by molar-refractivity contribution is -0.762. The lowest BCUT2D eigenvalue weighted by atomic mass is 10.5. The van der Waals surface area contributed by atoms with E-state index in [9.17, 15) is 45.3 Å². The minimum absolute atomic E-state index is 0.259. The zero-order valence-corrected chi connectivity index (χ0v) is 13.4. The summed E-state index contributed by atoms with van der Waals surface area (Å²) in [7, 11) is 0. The van der Waals surface area contributed by atoms with Crippen LogP contribution in [-0.4, -0.2) is 80.8 Å². The van der Waals surface area contributed by atoms with E-state index in [1.165, 1.54) is 0 Å². The van der Waals surface area contributed by atoms with Gasteiger partial charge in [-0.3, -0.25) is 4.79 Å². The predicted molar refractivity (Wildman–Crippen MR) is 75.5 cm³/mol. The van der Waals surface area contributed by atoms with Crippen LogP contribution in [0.2, 0.25) is 0 Å². The maximum Gasteiger partial charge on any atom is 0.304 e. The molecule has 0 aliphatic rings. The number of rotatable bonds is 14. The summed E-state index contributed by atoms with van der Waals surface area (Å²) in [4.78, 5) is 57.1. The monoisotopic (exact) mass is 385 g/mol. The van der Waals surface area contributed by atoms with Crippen LogP contribution in [0.15, 0.2) is 0 Å². The van der Waals surface area contributed by atoms with Crippen LogP contribution < -0.4 is 0 Å². The number of hydrogen-bond donors (Lipinski definition) is 0. The molecule has 0 aliphatic heterocycles. The molecule has 0 amide bonds. The van der Waals surface area contributed by atoms with Crippen molar-refractivity contribution in [2.75, 3.05) is 39.6 Å². The summed E-state index contributed by atoms with van der Waals surface area (Å²) in [5, 5.41) is 39.2. The molecule has 0 radical (unpaired) electrons. The standard InChI is InChI=1S/C8H15N7O11/c1-8(16)25-7-11(14(21)22)3-2-9(12(17)18)6-10(13(19)20)4-5-26-15(23)24/h2-7H2,1H3. The van der Waals surface area contributed by atoms with Gasteiger partial charge in [-0.05, 0) is 0 Å². The van der Waals surface area contributed by atoms with Crippen molar-refractivity contribution in [2.45, 2.75) is 6.92 Å². The van der Waals surface area contributed by atoms with Crippen molar-refractivity contribution in [1.29, 1.82) is 0 Å². The molecule has 0 aromatic rings. The van der Waals surface area contributed by atoms with Gasteiger partial charge in [0.15, 0.2) is 15.1 Å². The Morgan fingerprint density at radius 1 is 0.846 bits per heavy atom. The van der Waals surface area contributed by atoms with E-state index < -0.39 is 65.8 Å². The molecule has 0 bridgehead atoms. The molecule has 0 saturated carbocycles. The molecular weight excluding hydrogens is 370 g/mol. The van der Waals surface area contributed by atoms with Crippen LogP contribution in [0.3, 0.4) is 0 Å². The van der Waals surface area contributed by atoms with Gasteiger partial charge in [-0.2, -0.15) is 0 Å². The quantitative estimate of drug-likeness (QED) is 0.139. The van der Waals surface area contributed by atoms with Crippen molar-refractivity contribution < 1.29 is 34.6 Å². The largest absolute Gasteiger partial charge is 0.439 e. The van der Waals surface area contributed by atoms with Crippen molar-refractivity contribution >= 4 is 5.97 Å². The Kier molecular flexibility index (Phi) is 9.37. The van der Waals surface area contributed by atoms with Crippen LogP contribution in [0.25, 0.3) is 0 Å². The molecule has 18 heteroatoms. The first-order chi connectivity index (χ1) is 12.0. The first kappa shape index (κ1) is 22.3. The SMILES string of the molecule is CC(=O)OCN(CCN(CN(CCO[N+](=O)[O-])[N+](=O)[O-])[N+](=O)[O-])[N+](=O)[O-]. The molecular formula is C8H15N7O11. The van der Waals surface area contributed by atoms with Crippen molar-refractivity contribution in [3.05, 3.63) is 40.5 Å². The van der Waals surface area contributed by atoms with Crippen LogP contribution >= 0.6 is 0 Å². The fourth-order valence-electron chi connectivity index (χ4n) is 1.41. The molecule has 0 heterocycles. The topological polar surface area (TPSA) is 218 Å². The fraction of sp³-hybridized carbons (Fsp3) is 0.875. The Labute approximate surface area is 143 Å².